The number of ether oxygens (including phenoxy) is 1. The summed E-state index contributed by atoms with van der Waals surface area (Å²) in [5, 5.41) is 3.39. The molecular formula is C28H46BNO2. The van der Waals surface area contributed by atoms with Gasteiger partial charge in [-0.05, 0) is 81.8 Å². The lowest BCUT2D eigenvalue weighted by atomic mass is 9.51. The van der Waals surface area contributed by atoms with E-state index in [1.165, 1.54) is 77.9 Å². The summed E-state index contributed by atoms with van der Waals surface area (Å²) in [6.45, 7) is 8.07. The summed E-state index contributed by atoms with van der Waals surface area (Å²) in [5.41, 5.74) is 0.565. The number of nitrogens with one attached hydrogen (secondary N) is 1. The van der Waals surface area contributed by atoms with Crippen LogP contribution in [0.15, 0.2) is 36.6 Å². The zero-order valence-corrected chi connectivity index (χ0v) is 20.8. The molecule has 0 aromatic carbocycles. The normalized spacial score (nSPS) is 34.1. The Morgan fingerprint density at radius 1 is 1.03 bits per heavy atom. The van der Waals surface area contributed by atoms with E-state index in [4.69, 9.17) is 4.74 Å². The Hall–Kier alpha value is -1.45. The molecule has 0 heterocycles. The third-order valence-electron chi connectivity index (χ3n) is 9.03. The Balaban J connectivity index is 1.52. The third-order valence-corrected chi connectivity index (χ3v) is 9.03. The zero-order chi connectivity index (χ0) is 22.9. The summed E-state index contributed by atoms with van der Waals surface area (Å²) in [5.74, 6) is 2.61. The van der Waals surface area contributed by atoms with Crippen LogP contribution in [0.5, 0.6) is 0 Å². The number of hydrogen-bond donors (Lipinski definition) is 1. The first-order chi connectivity index (χ1) is 15.5. The smallest absolute Gasteiger partial charge is 0.258 e. The monoisotopic (exact) mass is 439 g/mol. The fourth-order valence-corrected chi connectivity index (χ4v) is 6.85. The van der Waals surface area contributed by atoms with Gasteiger partial charge < -0.3 is 10.1 Å². The second-order valence-corrected chi connectivity index (χ2v) is 10.8. The van der Waals surface area contributed by atoms with Crippen molar-refractivity contribution < 1.29 is 9.53 Å². The molecule has 4 saturated carbocycles. The van der Waals surface area contributed by atoms with Crippen molar-refractivity contribution in [3.05, 3.63) is 36.6 Å². The second kappa shape index (κ2) is 12.1. The molecule has 0 saturated heterocycles. The number of hydrogen-bond acceptors (Lipinski definition) is 2. The highest BCUT2D eigenvalue weighted by molar-refractivity contribution is 6.35. The largest absolute Gasteiger partial charge is 0.484 e. The van der Waals surface area contributed by atoms with Gasteiger partial charge in [-0.3, -0.25) is 4.79 Å². The first-order valence-electron chi connectivity index (χ1n) is 13.4. The predicted octanol–water partition coefficient (Wildman–Crippen LogP) is 6.88. The molecule has 2 bridgehead atoms. The van der Waals surface area contributed by atoms with Gasteiger partial charge in [-0.1, -0.05) is 69.9 Å². The van der Waals surface area contributed by atoms with Crippen molar-refractivity contribution in [2.75, 3.05) is 6.61 Å². The lowest BCUT2D eigenvalue weighted by Crippen LogP contribution is -2.58. The fourth-order valence-electron chi connectivity index (χ4n) is 6.85. The van der Waals surface area contributed by atoms with Crippen LogP contribution in [0.2, 0.25) is 12.6 Å². The van der Waals surface area contributed by atoms with Gasteiger partial charge in [-0.25, -0.2) is 0 Å². The highest BCUT2D eigenvalue weighted by Crippen LogP contribution is 2.58. The van der Waals surface area contributed by atoms with Crippen molar-refractivity contribution in [2.24, 2.45) is 11.3 Å². The maximum absolute atomic E-state index is 12.7. The topological polar surface area (TPSA) is 38.3 Å². The van der Waals surface area contributed by atoms with Gasteiger partial charge in [0, 0.05) is 5.54 Å². The molecule has 0 aliphatic heterocycles. The molecule has 4 heteroatoms. The molecule has 1 N–H and O–H groups in total. The van der Waals surface area contributed by atoms with Crippen LogP contribution in [0.25, 0.3) is 0 Å². The lowest BCUT2D eigenvalue weighted by Gasteiger charge is -2.57. The number of rotatable bonds is 8. The Morgan fingerprint density at radius 2 is 1.69 bits per heavy atom. The van der Waals surface area contributed by atoms with Crippen LogP contribution in [-0.4, -0.2) is 25.3 Å². The maximum Gasteiger partial charge on any atom is 0.258 e. The van der Waals surface area contributed by atoms with Crippen molar-refractivity contribution >= 4 is 13.2 Å². The van der Waals surface area contributed by atoms with Crippen LogP contribution in [0.1, 0.15) is 96.8 Å². The Bertz CT molecular complexity index is 658. The van der Waals surface area contributed by atoms with E-state index in [1.807, 2.05) is 25.2 Å². The van der Waals surface area contributed by atoms with Crippen molar-refractivity contribution in [1.29, 1.82) is 0 Å². The number of carbonyl (C=O) groups is 1. The summed E-state index contributed by atoms with van der Waals surface area (Å²) >= 11 is 0. The summed E-state index contributed by atoms with van der Waals surface area (Å²) in [6, 6.07) is 0. The molecule has 2 unspecified atom stereocenters. The van der Waals surface area contributed by atoms with E-state index in [-0.39, 0.29) is 18.1 Å². The average Bonchev–Trinajstić information content (AvgIpc) is 2.83. The Morgan fingerprint density at radius 3 is 2.34 bits per heavy atom. The van der Waals surface area contributed by atoms with Gasteiger partial charge in [0.25, 0.3) is 5.91 Å². The van der Waals surface area contributed by atoms with E-state index in [0.29, 0.717) is 11.2 Å². The van der Waals surface area contributed by atoms with Crippen molar-refractivity contribution in [1.82, 2.24) is 5.32 Å². The molecule has 32 heavy (non-hydrogen) atoms. The van der Waals surface area contributed by atoms with Gasteiger partial charge >= 0.3 is 0 Å². The van der Waals surface area contributed by atoms with E-state index in [0.717, 1.165) is 31.0 Å². The van der Waals surface area contributed by atoms with Crippen LogP contribution in [0.3, 0.4) is 0 Å². The van der Waals surface area contributed by atoms with Crippen LogP contribution < -0.4 is 5.32 Å². The van der Waals surface area contributed by atoms with Gasteiger partial charge in [0.1, 0.15) is 13.0 Å². The molecule has 178 valence electrons. The third kappa shape index (κ3) is 6.55. The van der Waals surface area contributed by atoms with E-state index >= 15 is 0 Å². The Labute approximate surface area is 197 Å². The summed E-state index contributed by atoms with van der Waals surface area (Å²) < 4.78 is 5.69. The minimum Gasteiger partial charge on any atom is -0.484 e. The summed E-state index contributed by atoms with van der Waals surface area (Å²) in [6.07, 6.45) is 26.1. The summed E-state index contributed by atoms with van der Waals surface area (Å²) in [4.78, 5) is 12.7. The standard InChI is InChI=1S/C28H46BNO2/c1-4-6-15-25(5-2)32-22-26(31)30-28-19-16-27(17-20-28,18-21-28)23-11-8-7-9-13-24(29-3)14-10-12-23/h4-6,15,23-24,29H,1,7-14,16-22H2,2-3H3,(H,30,31)/b15-6-,25-5+. The SMILES string of the molecule is C=C/C=C\C(=C/C)OCC(=O)NC12CCC(C3CCCCCC(BC)CCC3)(CC1)CC2. The predicted molar refractivity (Wildman–Crippen MR) is 137 cm³/mol. The van der Waals surface area contributed by atoms with E-state index < -0.39 is 0 Å². The minimum absolute atomic E-state index is 0.0124. The molecule has 4 fully saturated rings. The quantitative estimate of drug-likeness (QED) is 0.254. The van der Waals surface area contributed by atoms with Crippen molar-refractivity contribution in [3.63, 3.8) is 0 Å². The molecule has 4 rings (SSSR count). The Kier molecular flexibility index (Phi) is 9.55. The number of carbonyl (C=O) groups excluding carboxylic acids is 1. The van der Waals surface area contributed by atoms with Gasteiger partial charge in [-0.2, -0.15) is 0 Å². The van der Waals surface area contributed by atoms with Crippen molar-refractivity contribution in [3.8, 4) is 0 Å². The fraction of sp³-hybridized carbons (Fsp3) is 0.750. The molecule has 0 aromatic heterocycles. The molecule has 0 spiro atoms. The first-order valence-corrected chi connectivity index (χ1v) is 13.4. The average molecular weight is 439 g/mol. The van der Waals surface area contributed by atoms with Crippen LogP contribution in [0.4, 0.5) is 0 Å². The number of allylic oxidation sites excluding steroid dienone is 4. The van der Waals surface area contributed by atoms with Gasteiger partial charge in [0.15, 0.2) is 6.61 Å². The van der Waals surface area contributed by atoms with Gasteiger partial charge in [0.2, 0.25) is 0 Å². The zero-order valence-electron chi connectivity index (χ0n) is 20.8. The molecule has 0 aromatic rings. The van der Waals surface area contributed by atoms with Gasteiger partial charge in [-0.15, -0.1) is 0 Å². The minimum atomic E-state index is 0.0124. The first kappa shape index (κ1) is 25.2. The van der Waals surface area contributed by atoms with Crippen molar-refractivity contribution in [2.45, 2.75) is 115 Å². The number of fused-ring (bicyclic) bond motifs is 3. The summed E-state index contributed by atoms with van der Waals surface area (Å²) in [7, 11) is 1.36. The van der Waals surface area contributed by atoms with E-state index in [2.05, 4.69) is 18.7 Å². The molecule has 1 amide bonds. The highest BCUT2D eigenvalue weighted by atomic mass is 16.5. The van der Waals surface area contributed by atoms with Crippen LogP contribution >= 0.6 is 0 Å². The molecule has 4 aliphatic rings. The molecular weight excluding hydrogens is 393 g/mol. The second-order valence-electron chi connectivity index (χ2n) is 10.8. The highest BCUT2D eigenvalue weighted by Gasteiger charge is 2.51. The lowest BCUT2D eigenvalue weighted by molar-refractivity contribution is -0.129. The van der Waals surface area contributed by atoms with Crippen LogP contribution in [0, 0.1) is 11.3 Å². The number of amides is 1. The maximum atomic E-state index is 12.7. The molecule has 4 aliphatic carbocycles. The van der Waals surface area contributed by atoms with Gasteiger partial charge in [0.05, 0.1) is 0 Å². The van der Waals surface area contributed by atoms with E-state index in [9.17, 15) is 4.79 Å². The molecule has 3 nitrogen and oxygen atoms in total. The molecule has 0 radical (unpaired) electrons. The van der Waals surface area contributed by atoms with E-state index in [1.54, 1.807) is 6.08 Å². The molecule has 2 atom stereocenters. The van der Waals surface area contributed by atoms with Crippen LogP contribution in [-0.2, 0) is 9.53 Å².